The Morgan fingerprint density at radius 2 is 2.22 bits per heavy atom. The van der Waals surface area contributed by atoms with Crippen molar-refractivity contribution in [1.82, 2.24) is 5.32 Å². The summed E-state index contributed by atoms with van der Waals surface area (Å²) in [6.07, 6.45) is 1.47. The van der Waals surface area contributed by atoms with Gasteiger partial charge in [0.1, 0.15) is 5.75 Å². The Labute approximate surface area is 112 Å². The molecule has 1 aliphatic rings. The molecule has 1 saturated heterocycles. The van der Waals surface area contributed by atoms with E-state index in [4.69, 9.17) is 11.6 Å². The van der Waals surface area contributed by atoms with Crippen LogP contribution in [0.2, 0.25) is 5.02 Å². The van der Waals surface area contributed by atoms with E-state index >= 15 is 0 Å². The van der Waals surface area contributed by atoms with E-state index < -0.39 is 9.84 Å². The minimum atomic E-state index is -2.91. The molecule has 0 aromatic heterocycles. The van der Waals surface area contributed by atoms with Crippen LogP contribution >= 0.6 is 11.6 Å². The standard InChI is InChI=1S/C12H16ClNO3S/c13-10-3-4-12(15)9(6-10)7-14-8-11-2-1-5-18(11,16)17/h3-4,6,11,14-15H,1-2,5,7-8H2. The third-order valence-electron chi connectivity index (χ3n) is 3.19. The second kappa shape index (κ2) is 5.47. The molecule has 100 valence electrons. The first-order chi connectivity index (χ1) is 8.49. The number of benzene rings is 1. The van der Waals surface area contributed by atoms with Crippen LogP contribution in [-0.4, -0.2) is 31.1 Å². The average molecular weight is 290 g/mol. The van der Waals surface area contributed by atoms with Crippen LogP contribution in [0.4, 0.5) is 0 Å². The fourth-order valence-corrected chi connectivity index (χ4v) is 4.15. The monoisotopic (exact) mass is 289 g/mol. The van der Waals surface area contributed by atoms with Crippen molar-refractivity contribution in [1.29, 1.82) is 0 Å². The zero-order chi connectivity index (χ0) is 13.2. The Hall–Kier alpha value is -0.780. The maximum atomic E-state index is 11.6. The van der Waals surface area contributed by atoms with Crippen LogP contribution < -0.4 is 5.32 Å². The SMILES string of the molecule is O=S1(=O)CCCC1CNCc1cc(Cl)ccc1O. The molecule has 0 amide bonds. The number of hydrogen-bond acceptors (Lipinski definition) is 4. The van der Waals surface area contributed by atoms with Crippen LogP contribution in [0.1, 0.15) is 18.4 Å². The Kier molecular flexibility index (Phi) is 4.14. The lowest BCUT2D eigenvalue weighted by molar-refractivity contribution is 0.464. The van der Waals surface area contributed by atoms with E-state index in [-0.39, 0.29) is 11.0 Å². The minimum Gasteiger partial charge on any atom is -0.508 e. The molecule has 1 heterocycles. The summed E-state index contributed by atoms with van der Waals surface area (Å²) < 4.78 is 23.2. The molecule has 1 aromatic carbocycles. The van der Waals surface area contributed by atoms with Gasteiger partial charge in [-0.05, 0) is 31.0 Å². The molecule has 1 aromatic rings. The van der Waals surface area contributed by atoms with Gasteiger partial charge in [-0.25, -0.2) is 8.42 Å². The highest BCUT2D eigenvalue weighted by atomic mass is 35.5. The topological polar surface area (TPSA) is 66.4 Å². The molecule has 2 rings (SSSR count). The van der Waals surface area contributed by atoms with E-state index in [1.807, 2.05) is 0 Å². The van der Waals surface area contributed by atoms with Crippen LogP contribution in [0, 0.1) is 0 Å². The number of halogens is 1. The van der Waals surface area contributed by atoms with Gasteiger partial charge < -0.3 is 10.4 Å². The van der Waals surface area contributed by atoms with Crippen LogP contribution in [0.25, 0.3) is 0 Å². The number of phenolic OH excluding ortho intramolecular Hbond substituents is 1. The molecule has 4 nitrogen and oxygen atoms in total. The van der Waals surface area contributed by atoms with Crippen molar-refractivity contribution in [2.24, 2.45) is 0 Å². The Balaban J connectivity index is 1.91. The first-order valence-electron chi connectivity index (χ1n) is 5.89. The Morgan fingerprint density at radius 1 is 1.44 bits per heavy atom. The summed E-state index contributed by atoms with van der Waals surface area (Å²) in [5.74, 6) is 0.461. The Morgan fingerprint density at radius 3 is 2.89 bits per heavy atom. The Bertz CT molecular complexity index is 530. The van der Waals surface area contributed by atoms with Gasteiger partial charge in [0.2, 0.25) is 0 Å². The number of rotatable bonds is 4. The van der Waals surface area contributed by atoms with E-state index in [9.17, 15) is 13.5 Å². The van der Waals surface area contributed by atoms with E-state index in [0.29, 0.717) is 29.4 Å². The van der Waals surface area contributed by atoms with Gasteiger partial charge >= 0.3 is 0 Å². The fourth-order valence-electron chi connectivity index (χ4n) is 2.15. The van der Waals surface area contributed by atoms with Crippen molar-refractivity contribution in [2.45, 2.75) is 24.6 Å². The van der Waals surface area contributed by atoms with Crippen molar-refractivity contribution >= 4 is 21.4 Å². The highest BCUT2D eigenvalue weighted by Gasteiger charge is 2.30. The van der Waals surface area contributed by atoms with E-state index in [1.165, 1.54) is 6.07 Å². The maximum Gasteiger partial charge on any atom is 0.154 e. The summed E-state index contributed by atoms with van der Waals surface area (Å²) in [4.78, 5) is 0. The van der Waals surface area contributed by atoms with Gasteiger partial charge in [0.15, 0.2) is 9.84 Å². The lowest BCUT2D eigenvalue weighted by atomic mass is 10.2. The predicted octanol–water partition coefficient (Wildman–Crippen LogP) is 1.71. The lowest BCUT2D eigenvalue weighted by Crippen LogP contribution is -2.30. The number of aromatic hydroxyl groups is 1. The molecule has 0 bridgehead atoms. The first kappa shape index (κ1) is 13.6. The van der Waals surface area contributed by atoms with Crippen molar-refractivity contribution in [3.8, 4) is 5.75 Å². The maximum absolute atomic E-state index is 11.6. The summed E-state index contributed by atoms with van der Waals surface area (Å²) in [6.45, 7) is 0.840. The second-order valence-corrected chi connectivity index (χ2v) is 7.37. The molecule has 0 saturated carbocycles. The highest BCUT2D eigenvalue weighted by molar-refractivity contribution is 7.92. The summed E-state index contributed by atoms with van der Waals surface area (Å²) >= 11 is 5.83. The largest absolute Gasteiger partial charge is 0.508 e. The molecule has 18 heavy (non-hydrogen) atoms. The molecule has 0 spiro atoms. The number of phenols is 1. The molecule has 1 atom stereocenters. The molecule has 1 unspecified atom stereocenters. The van der Waals surface area contributed by atoms with Gasteiger partial charge in [0.25, 0.3) is 0 Å². The van der Waals surface area contributed by atoms with Gasteiger partial charge in [-0.2, -0.15) is 0 Å². The predicted molar refractivity (Wildman–Crippen MR) is 71.6 cm³/mol. The lowest BCUT2D eigenvalue weighted by Gasteiger charge is -2.11. The number of nitrogens with one attached hydrogen (secondary N) is 1. The average Bonchev–Trinajstić information content (AvgIpc) is 2.63. The van der Waals surface area contributed by atoms with Crippen LogP contribution in [0.3, 0.4) is 0 Å². The summed E-state index contributed by atoms with van der Waals surface area (Å²) in [6, 6.07) is 4.82. The molecular weight excluding hydrogens is 274 g/mol. The van der Waals surface area contributed by atoms with Gasteiger partial charge in [0.05, 0.1) is 11.0 Å². The zero-order valence-electron chi connectivity index (χ0n) is 9.89. The van der Waals surface area contributed by atoms with Crippen LogP contribution in [-0.2, 0) is 16.4 Å². The zero-order valence-corrected chi connectivity index (χ0v) is 11.5. The van der Waals surface area contributed by atoms with Gasteiger partial charge in [0, 0.05) is 23.7 Å². The third-order valence-corrected chi connectivity index (χ3v) is 5.70. The summed E-state index contributed by atoms with van der Waals surface area (Å²) in [5, 5.41) is 12.9. The molecule has 1 aliphatic heterocycles. The first-order valence-corrected chi connectivity index (χ1v) is 7.98. The van der Waals surface area contributed by atoms with E-state index in [2.05, 4.69) is 5.32 Å². The quantitative estimate of drug-likeness (QED) is 0.886. The molecular formula is C12H16ClNO3S. The van der Waals surface area contributed by atoms with Crippen LogP contribution in [0.15, 0.2) is 18.2 Å². The highest BCUT2D eigenvalue weighted by Crippen LogP contribution is 2.22. The third kappa shape index (κ3) is 3.16. The van der Waals surface area contributed by atoms with Gasteiger partial charge in [-0.1, -0.05) is 11.6 Å². The minimum absolute atomic E-state index is 0.168. The van der Waals surface area contributed by atoms with Crippen molar-refractivity contribution in [2.75, 3.05) is 12.3 Å². The molecule has 0 radical (unpaired) electrons. The van der Waals surface area contributed by atoms with Crippen LogP contribution in [0.5, 0.6) is 5.75 Å². The smallest absolute Gasteiger partial charge is 0.154 e. The summed E-state index contributed by atoms with van der Waals surface area (Å²) in [5.41, 5.74) is 0.679. The molecule has 2 N–H and O–H groups in total. The molecule has 0 aliphatic carbocycles. The molecule has 6 heteroatoms. The number of sulfone groups is 1. The van der Waals surface area contributed by atoms with Crippen molar-refractivity contribution in [3.05, 3.63) is 28.8 Å². The normalized spacial score (nSPS) is 22.2. The number of hydrogen-bond donors (Lipinski definition) is 2. The fraction of sp³-hybridized carbons (Fsp3) is 0.500. The summed E-state index contributed by atoms with van der Waals surface area (Å²) in [7, 11) is -2.91. The van der Waals surface area contributed by atoms with Gasteiger partial charge in [-0.15, -0.1) is 0 Å². The van der Waals surface area contributed by atoms with E-state index in [1.54, 1.807) is 12.1 Å². The van der Waals surface area contributed by atoms with Crippen molar-refractivity contribution in [3.63, 3.8) is 0 Å². The second-order valence-electron chi connectivity index (χ2n) is 4.54. The molecule has 1 fully saturated rings. The van der Waals surface area contributed by atoms with Crippen molar-refractivity contribution < 1.29 is 13.5 Å². The van der Waals surface area contributed by atoms with Gasteiger partial charge in [-0.3, -0.25) is 0 Å². The van der Waals surface area contributed by atoms with E-state index in [0.717, 1.165) is 12.8 Å².